The van der Waals surface area contributed by atoms with Crippen molar-refractivity contribution in [2.45, 2.75) is 63.4 Å². The quantitative estimate of drug-likeness (QED) is 0.514. The second kappa shape index (κ2) is 10.7. The Morgan fingerprint density at radius 1 is 1.00 bits per heavy atom. The lowest BCUT2D eigenvalue weighted by molar-refractivity contribution is -0.716. The molecule has 0 aromatic heterocycles. The second-order valence-electron chi connectivity index (χ2n) is 10.7. The van der Waals surface area contributed by atoms with Crippen molar-refractivity contribution >= 4 is 21.6 Å². The molecular weight excluding hydrogens is 478 g/mol. The van der Waals surface area contributed by atoms with E-state index in [9.17, 15) is 18.1 Å². The molecule has 36 heavy (non-hydrogen) atoms. The number of sulfonamides is 1. The molecule has 3 heterocycles. The molecule has 0 radical (unpaired) electrons. The van der Waals surface area contributed by atoms with Crippen LogP contribution in [-0.2, 0) is 14.8 Å². The topological polar surface area (TPSA) is 84.2 Å². The van der Waals surface area contributed by atoms with E-state index < -0.39 is 10.0 Å². The number of rotatable bonds is 7. The number of hydrogen-bond donors (Lipinski definition) is 0. The van der Waals surface area contributed by atoms with Crippen LogP contribution in [0.2, 0.25) is 0 Å². The Kier molecular flexibility index (Phi) is 7.95. The lowest BCUT2D eigenvalue weighted by Gasteiger charge is -2.40. The highest BCUT2D eigenvalue weighted by Gasteiger charge is 2.59. The van der Waals surface area contributed by atoms with Gasteiger partial charge < -0.3 is 9.80 Å². The van der Waals surface area contributed by atoms with Crippen molar-refractivity contribution in [2.75, 3.05) is 51.7 Å². The predicted octanol–water partition coefficient (Wildman–Crippen LogP) is 2.81. The zero-order chi connectivity index (χ0) is 26.2. The first-order valence-electron chi connectivity index (χ1n) is 13.4. The van der Waals surface area contributed by atoms with E-state index in [1.807, 2.05) is 61.8 Å². The fraction of sp³-hybridized carbons (Fsp3) is 0.731. The summed E-state index contributed by atoms with van der Waals surface area (Å²) in [5.74, 6) is 0.592. The highest BCUT2D eigenvalue weighted by molar-refractivity contribution is 7.89. The monoisotopic (exact) mass is 520 g/mol. The summed E-state index contributed by atoms with van der Waals surface area (Å²) in [6.07, 6.45) is 3.37. The zero-order valence-corrected chi connectivity index (χ0v) is 23.2. The van der Waals surface area contributed by atoms with Crippen LogP contribution in [0, 0.1) is 22.7 Å². The van der Waals surface area contributed by atoms with E-state index in [-0.39, 0.29) is 23.9 Å². The Morgan fingerprint density at radius 3 is 2.14 bits per heavy atom. The van der Waals surface area contributed by atoms with Crippen LogP contribution < -0.4 is 4.90 Å². The molecule has 200 valence electrons. The molecule has 0 N–H and O–H groups in total. The average molecular weight is 521 g/mol. The smallest absolute Gasteiger partial charge is 0.245 e. The van der Waals surface area contributed by atoms with Gasteiger partial charge in [-0.25, -0.2) is 8.42 Å². The maximum absolute atomic E-state index is 13.3. The number of nitrogens with zero attached hydrogens (tertiary/aromatic N) is 5. The van der Waals surface area contributed by atoms with Crippen molar-refractivity contribution in [2.24, 2.45) is 17.8 Å². The maximum Gasteiger partial charge on any atom is 0.245 e. The largest absolute Gasteiger partial charge is 0.378 e. The molecule has 1 aromatic rings. The fourth-order valence-electron chi connectivity index (χ4n) is 6.48. The van der Waals surface area contributed by atoms with Gasteiger partial charge in [0.2, 0.25) is 22.0 Å². The third kappa shape index (κ3) is 4.86. The first-order chi connectivity index (χ1) is 17.1. The predicted molar refractivity (Wildman–Crippen MR) is 140 cm³/mol. The van der Waals surface area contributed by atoms with Gasteiger partial charge in [-0.3, -0.25) is 4.79 Å². The van der Waals surface area contributed by atoms with Crippen molar-refractivity contribution < 1.29 is 18.1 Å². The Balaban J connectivity index is 1.41. The van der Waals surface area contributed by atoms with E-state index in [1.165, 1.54) is 0 Å². The Hall–Kier alpha value is -2.20. The minimum Gasteiger partial charge on any atom is -0.378 e. The van der Waals surface area contributed by atoms with Gasteiger partial charge in [-0.05, 0) is 75.6 Å². The fourth-order valence-corrected chi connectivity index (χ4v) is 7.95. The van der Waals surface area contributed by atoms with Gasteiger partial charge in [-0.15, -0.1) is 5.01 Å². The van der Waals surface area contributed by atoms with Crippen LogP contribution in [-0.4, -0.2) is 92.3 Å². The molecule has 4 unspecified atom stereocenters. The summed E-state index contributed by atoms with van der Waals surface area (Å²) in [5.41, 5.74) is 0.967. The number of anilines is 1. The molecular formula is C26H42N5O4S+. The van der Waals surface area contributed by atoms with E-state index in [1.54, 1.807) is 16.4 Å². The first kappa shape index (κ1) is 26.9. The third-order valence-corrected chi connectivity index (χ3v) is 10.6. The normalized spacial score (nSPS) is 27.7. The summed E-state index contributed by atoms with van der Waals surface area (Å²) in [7, 11) is 0.349. The van der Waals surface area contributed by atoms with Crippen LogP contribution in [0.25, 0.3) is 0 Å². The van der Waals surface area contributed by atoms with Crippen LogP contribution in [0.1, 0.15) is 46.5 Å². The van der Waals surface area contributed by atoms with E-state index in [2.05, 4.69) is 0 Å². The van der Waals surface area contributed by atoms with Crippen molar-refractivity contribution in [3.05, 3.63) is 29.2 Å². The Bertz CT molecular complexity index is 1050. The standard InChI is InChI=1S/C26H42N5O4S/c1-6-28(7-2)26(32)25-19(3)31(33)30-17-14-21(18-24(25)30)20-12-15-29(16-13-20)36(34,35)23-10-8-22(9-11-23)27(4)5/h8-11,19-21,24-25H,6-7,12-18H2,1-5H3/q+1. The molecule has 1 aromatic carbocycles. The van der Waals surface area contributed by atoms with Gasteiger partial charge in [-0.1, -0.05) is 0 Å². The van der Waals surface area contributed by atoms with Gasteiger partial charge in [0, 0.05) is 52.9 Å². The molecule has 1 amide bonds. The van der Waals surface area contributed by atoms with Crippen LogP contribution in [0.3, 0.4) is 0 Å². The van der Waals surface area contributed by atoms with Crippen molar-refractivity contribution in [3.8, 4) is 0 Å². The SMILES string of the molecule is CCN(CC)C(=O)C1C2CC(C3CCN(S(=O)(=O)c4ccc(N(C)C)cc4)CC3)CCN2[N+](=O)C1C. The molecule has 0 aliphatic carbocycles. The van der Waals surface area contributed by atoms with Crippen molar-refractivity contribution in [3.63, 3.8) is 0 Å². The van der Waals surface area contributed by atoms with Gasteiger partial charge >= 0.3 is 0 Å². The molecule has 4 rings (SSSR count). The minimum atomic E-state index is -3.51. The number of carbonyl (C=O) groups excluding carboxylic acids is 1. The van der Waals surface area contributed by atoms with Crippen LogP contribution in [0.5, 0.6) is 0 Å². The summed E-state index contributed by atoms with van der Waals surface area (Å²) in [4.78, 5) is 31.4. The molecule has 10 heteroatoms. The van der Waals surface area contributed by atoms with E-state index in [4.69, 9.17) is 0 Å². The van der Waals surface area contributed by atoms with Crippen LogP contribution in [0.4, 0.5) is 5.69 Å². The highest BCUT2D eigenvalue weighted by atomic mass is 32.2. The molecule has 0 saturated carbocycles. The number of nitroso groups, excluding NO2 is 1. The van der Waals surface area contributed by atoms with Crippen LogP contribution in [0.15, 0.2) is 29.2 Å². The van der Waals surface area contributed by atoms with Crippen molar-refractivity contribution in [1.82, 2.24) is 14.2 Å². The van der Waals surface area contributed by atoms with E-state index >= 15 is 0 Å². The summed E-state index contributed by atoms with van der Waals surface area (Å²) in [5, 5.41) is 1.88. The van der Waals surface area contributed by atoms with Gasteiger partial charge in [0.05, 0.1) is 16.3 Å². The summed E-state index contributed by atoms with van der Waals surface area (Å²) in [6.45, 7) is 8.84. The Labute approximate surface area is 216 Å². The van der Waals surface area contributed by atoms with E-state index in [0.29, 0.717) is 49.5 Å². The number of piperidine rings is 2. The molecule has 3 aliphatic rings. The highest BCUT2D eigenvalue weighted by Crippen LogP contribution is 2.42. The zero-order valence-electron chi connectivity index (χ0n) is 22.3. The van der Waals surface area contributed by atoms with Gasteiger partial charge in [0.25, 0.3) is 0 Å². The molecule has 3 saturated heterocycles. The second-order valence-corrected chi connectivity index (χ2v) is 12.7. The van der Waals surface area contributed by atoms with Crippen LogP contribution >= 0.6 is 0 Å². The number of amides is 1. The molecule has 0 bridgehead atoms. The first-order valence-corrected chi connectivity index (χ1v) is 14.8. The minimum absolute atomic E-state index is 0.0682. The molecule has 0 spiro atoms. The molecule has 9 nitrogen and oxygen atoms in total. The summed E-state index contributed by atoms with van der Waals surface area (Å²) < 4.78 is 28.1. The summed E-state index contributed by atoms with van der Waals surface area (Å²) >= 11 is 0. The molecule has 3 fully saturated rings. The number of fused-ring (bicyclic) bond motifs is 1. The van der Waals surface area contributed by atoms with Gasteiger partial charge in [0.1, 0.15) is 16.8 Å². The maximum atomic E-state index is 13.3. The van der Waals surface area contributed by atoms with Gasteiger partial charge in [-0.2, -0.15) is 4.31 Å². The third-order valence-electron chi connectivity index (χ3n) is 8.71. The average Bonchev–Trinajstić information content (AvgIpc) is 3.13. The lowest BCUT2D eigenvalue weighted by Crippen LogP contribution is -2.49. The summed E-state index contributed by atoms with van der Waals surface area (Å²) in [6, 6.07) is 6.63. The Morgan fingerprint density at radius 2 is 1.58 bits per heavy atom. The number of carbonyl (C=O) groups is 1. The number of hydrazine groups is 1. The molecule has 3 aliphatic heterocycles. The lowest BCUT2D eigenvalue weighted by atomic mass is 9.74. The number of hydrogen-bond acceptors (Lipinski definition) is 5. The number of benzene rings is 1. The van der Waals surface area contributed by atoms with E-state index in [0.717, 1.165) is 36.2 Å². The van der Waals surface area contributed by atoms with Gasteiger partial charge in [0.15, 0.2) is 0 Å². The molecule has 4 atom stereocenters. The van der Waals surface area contributed by atoms with Crippen molar-refractivity contribution in [1.29, 1.82) is 0 Å².